The topological polar surface area (TPSA) is 50.4 Å². The number of carbonyl (C=O) groups excluding carboxylic acids is 1. The highest BCUT2D eigenvalue weighted by atomic mass is 35.5. The number of ether oxygens (including phenoxy) is 1. The number of carbonyl (C=O) groups is 1. The number of nitrogens with one attached hydrogen (secondary N) is 2. The van der Waals surface area contributed by atoms with Crippen molar-refractivity contribution < 1.29 is 13.9 Å². The van der Waals surface area contributed by atoms with Crippen molar-refractivity contribution in [3.05, 3.63) is 35.1 Å². The summed E-state index contributed by atoms with van der Waals surface area (Å²) in [5.74, 6) is 0.537. The Bertz CT molecular complexity index is 617. The van der Waals surface area contributed by atoms with Gasteiger partial charge in [-0.1, -0.05) is 6.07 Å². The summed E-state index contributed by atoms with van der Waals surface area (Å²) in [6.45, 7) is 2.41. The van der Waals surface area contributed by atoms with E-state index in [1.807, 2.05) is 6.07 Å². The standard InChI is InChI=1S/C19H25FN2O2.ClH/c20-17-4-3-13(15-10-18(15)21-11-12-1-2-12)9-16(17)19(23)22-14-5-7-24-8-6-14;/h3-4,9,12,14-15,18,21H,1-2,5-8,10-11H2,(H,22,23);1H. The molecule has 1 aromatic carbocycles. The Labute approximate surface area is 154 Å². The highest BCUT2D eigenvalue weighted by Gasteiger charge is 2.39. The monoisotopic (exact) mass is 368 g/mol. The van der Waals surface area contributed by atoms with Crippen LogP contribution in [0.4, 0.5) is 4.39 Å². The molecule has 2 saturated carbocycles. The van der Waals surface area contributed by atoms with Crippen molar-refractivity contribution >= 4 is 18.3 Å². The molecular formula is C19H26ClFN2O2. The van der Waals surface area contributed by atoms with Gasteiger partial charge in [-0.15, -0.1) is 12.4 Å². The first-order chi connectivity index (χ1) is 11.7. The van der Waals surface area contributed by atoms with Crippen molar-refractivity contribution in [2.24, 2.45) is 5.92 Å². The molecule has 0 radical (unpaired) electrons. The van der Waals surface area contributed by atoms with E-state index in [4.69, 9.17) is 4.74 Å². The van der Waals surface area contributed by atoms with E-state index in [0.717, 1.165) is 37.3 Å². The molecule has 6 heteroatoms. The second-order valence-electron chi connectivity index (χ2n) is 7.40. The highest BCUT2D eigenvalue weighted by molar-refractivity contribution is 5.95. The van der Waals surface area contributed by atoms with Crippen LogP contribution in [0.25, 0.3) is 0 Å². The van der Waals surface area contributed by atoms with Gasteiger partial charge in [-0.05, 0) is 62.3 Å². The smallest absolute Gasteiger partial charge is 0.254 e. The minimum atomic E-state index is -0.438. The Morgan fingerprint density at radius 3 is 2.68 bits per heavy atom. The van der Waals surface area contributed by atoms with Gasteiger partial charge in [0.05, 0.1) is 5.56 Å². The van der Waals surface area contributed by atoms with E-state index in [1.54, 1.807) is 6.07 Å². The van der Waals surface area contributed by atoms with Crippen LogP contribution in [0.5, 0.6) is 0 Å². The normalized spacial score (nSPS) is 26.0. The van der Waals surface area contributed by atoms with Crippen LogP contribution in [0.3, 0.4) is 0 Å². The second-order valence-corrected chi connectivity index (χ2v) is 7.40. The van der Waals surface area contributed by atoms with Crippen molar-refractivity contribution in [3.8, 4) is 0 Å². The quantitative estimate of drug-likeness (QED) is 0.811. The predicted molar refractivity (Wildman–Crippen MR) is 96.8 cm³/mol. The molecular weight excluding hydrogens is 343 g/mol. The molecule has 138 valence electrons. The van der Waals surface area contributed by atoms with Gasteiger partial charge in [0.15, 0.2) is 0 Å². The molecule has 3 aliphatic rings. The van der Waals surface area contributed by atoms with Crippen molar-refractivity contribution in [1.29, 1.82) is 0 Å². The first-order valence-corrected chi connectivity index (χ1v) is 9.12. The lowest BCUT2D eigenvalue weighted by Gasteiger charge is -2.23. The fourth-order valence-corrected chi connectivity index (χ4v) is 3.48. The zero-order valence-electron chi connectivity index (χ0n) is 14.3. The Morgan fingerprint density at radius 1 is 1.20 bits per heavy atom. The van der Waals surface area contributed by atoms with Gasteiger partial charge in [-0.2, -0.15) is 0 Å². The lowest BCUT2D eigenvalue weighted by Crippen LogP contribution is -2.39. The Morgan fingerprint density at radius 2 is 1.96 bits per heavy atom. The SMILES string of the molecule is Cl.O=C(NC1CCOCC1)c1cc(C2CC2NCC2CC2)ccc1F. The molecule has 3 fully saturated rings. The van der Waals surface area contributed by atoms with Crippen LogP contribution in [-0.4, -0.2) is 37.7 Å². The summed E-state index contributed by atoms with van der Waals surface area (Å²) in [6.07, 6.45) is 5.36. The first-order valence-electron chi connectivity index (χ1n) is 9.12. The van der Waals surface area contributed by atoms with Gasteiger partial charge in [0, 0.05) is 31.2 Å². The molecule has 0 spiro atoms. The number of hydrogen-bond acceptors (Lipinski definition) is 3. The van der Waals surface area contributed by atoms with Gasteiger partial charge in [0.25, 0.3) is 5.91 Å². The summed E-state index contributed by atoms with van der Waals surface area (Å²) in [6, 6.07) is 5.58. The van der Waals surface area contributed by atoms with Crippen molar-refractivity contribution in [2.75, 3.05) is 19.8 Å². The first kappa shape index (κ1) is 18.6. The molecule has 2 unspecified atom stereocenters. The van der Waals surface area contributed by atoms with Gasteiger partial charge >= 0.3 is 0 Å². The van der Waals surface area contributed by atoms with E-state index in [9.17, 15) is 9.18 Å². The zero-order chi connectivity index (χ0) is 16.5. The average Bonchev–Trinajstić information content (AvgIpc) is 3.49. The molecule has 2 atom stereocenters. The third-order valence-electron chi connectivity index (χ3n) is 5.38. The van der Waals surface area contributed by atoms with Crippen LogP contribution < -0.4 is 10.6 Å². The fraction of sp³-hybridized carbons (Fsp3) is 0.632. The summed E-state index contributed by atoms with van der Waals surface area (Å²) >= 11 is 0. The molecule has 0 aromatic heterocycles. The number of benzene rings is 1. The Hall–Kier alpha value is -1.17. The molecule has 2 N–H and O–H groups in total. The van der Waals surface area contributed by atoms with Gasteiger partial charge < -0.3 is 15.4 Å². The van der Waals surface area contributed by atoms with Crippen LogP contribution >= 0.6 is 12.4 Å². The summed E-state index contributed by atoms with van der Waals surface area (Å²) in [5.41, 5.74) is 1.24. The molecule has 1 amide bonds. The van der Waals surface area contributed by atoms with Gasteiger partial charge in [0.2, 0.25) is 0 Å². The second kappa shape index (κ2) is 8.02. The van der Waals surface area contributed by atoms with E-state index >= 15 is 0 Å². The number of amides is 1. The molecule has 1 heterocycles. The average molecular weight is 369 g/mol. The molecule has 1 aliphatic heterocycles. The van der Waals surface area contributed by atoms with Gasteiger partial charge in [0.1, 0.15) is 5.82 Å². The molecule has 25 heavy (non-hydrogen) atoms. The Balaban J connectivity index is 0.00000182. The highest BCUT2D eigenvalue weighted by Crippen LogP contribution is 2.42. The van der Waals surface area contributed by atoms with Crippen molar-refractivity contribution in [3.63, 3.8) is 0 Å². The summed E-state index contributed by atoms with van der Waals surface area (Å²) < 4.78 is 19.4. The van der Waals surface area contributed by atoms with E-state index in [-0.39, 0.29) is 29.9 Å². The Kier molecular flexibility index (Phi) is 5.97. The molecule has 1 aromatic rings. The van der Waals surface area contributed by atoms with Crippen LogP contribution in [0, 0.1) is 11.7 Å². The third-order valence-corrected chi connectivity index (χ3v) is 5.38. The minimum Gasteiger partial charge on any atom is -0.381 e. The third kappa shape index (κ3) is 4.72. The van der Waals surface area contributed by atoms with Crippen molar-refractivity contribution in [1.82, 2.24) is 10.6 Å². The fourth-order valence-electron chi connectivity index (χ4n) is 3.48. The van der Waals surface area contributed by atoms with Crippen LogP contribution in [0.2, 0.25) is 0 Å². The molecule has 4 rings (SSSR count). The number of rotatable bonds is 6. The summed E-state index contributed by atoms with van der Waals surface area (Å²) in [4.78, 5) is 12.4. The van der Waals surface area contributed by atoms with Crippen LogP contribution in [-0.2, 0) is 4.74 Å². The zero-order valence-corrected chi connectivity index (χ0v) is 15.1. The van der Waals surface area contributed by atoms with E-state index in [2.05, 4.69) is 10.6 Å². The lowest BCUT2D eigenvalue weighted by molar-refractivity contribution is 0.0694. The van der Waals surface area contributed by atoms with E-state index in [0.29, 0.717) is 25.2 Å². The lowest BCUT2D eigenvalue weighted by atomic mass is 10.0. The number of halogens is 2. The summed E-state index contributed by atoms with van der Waals surface area (Å²) in [7, 11) is 0. The van der Waals surface area contributed by atoms with E-state index in [1.165, 1.54) is 18.9 Å². The molecule has 4 nitrogen and oxygen atoms in total. The molecule has 2 aliphatic carbocycles. The minimum absolute atomic E-state index is 0. The predicted octanol–water partition coefficient (Wildman–Crippen LogP) is 3.01. The summed E-state index contributed by atoms with van der Waals surface area (Å²) in [5, 5.41) is 6.54. The molecule has 1 saturated heterocycles. The van der Waals surface area contributed by atoms with Gasteiger partial charge in [-0.25, -0.2) is 4.39 Å². The van der Waals surface area contributed by atoms with Crippen LogP contribution in [0.15, 0.2) is 18.2 Å². The van der Waals surface area contributed by atoms with Crippen LogP contribution in [0.1, 0.15) is 53.9 Å². The maximum Gasteiger partial charge on any atom is 0.254 e. The van der Waals surface area contributed by atoms with Gasteiger partial charge in [-0.3, -0.25) is 4.79 Å². The maximum absolute atomic E-state index is 14.1. The van der Waals surface area contributed by atoms with E-state index < -0.39 is 5.82 Å². The maximum atomic E-state index is 14.1. The number of hydrogen-bond donors (Lipinski definition) is 2. The van der Waals surface area contributed by atoms with Crippen molar-refractivity contribution in [2.45, 2.75) is 50.1 Å². The molecule has 0 bridgehead atoms. The largest absolute Gasteiger partial charge is 0.381 e.